The number of anilines is 1. The monoisotopic (exact) mass is 475 g/mol. The molecule has 1 N–H and O–H groups in total. The first-order valence-corrected chi connectivity index (χ1v) is 12.0. The van der Waals surface area contributed by atoms with Gasteiger partial charge in [0.2, 0.25) is 5.91 Å². The molecule has 2 fully saturated rings. The molecule has 3 aliphatic heterocycles. The van der Waals surface area contributed by atoms with E-state index in [0.717, 1.165) is 16.8 Å². The molecule has 3 aliphatic rings. The maximum Gasteiger partial charge on any atom is 0.251 e. The van der Waals surface area contributed by atoms with Gasteiger partial charge in [-0.25, -0.2) is 0 Å². The van der Waals surface area contributed by atoms with Crippen molar-refractivity contribution in [1.29, 1.82) is 0 Å². The molecule has 6 nitrogen and oxygen atoms in total. The fourth-order valence-corrected chi connectivity index (χ4v) is 7.89. The van der Waals surface area contributed by atoms with Gasteiger partial charge in [-0.15, -0.1) is 0 Å². The second kappa shape index (κ2) is 7.28. The molecule has 4 heterocycles. The third-order valence-electron chi connectivity index (χ3n) is 7.08. The molecule has 3 atom stereocenters. The van der Waals surface area contributed by atoms with Crippen molar-refractivity contribution in [2.75, 3.05) is 18.9 Å². The minimum absolute atomic E-state index is 0.154. The zero-order valence-electron chi connectivity index (χ0n) is 17.9. The number of carbonyl (C=O) groups is 2. The van der Waals surface area contributed by atoms with Crippen LogP contribution in [-0.2, 0) is 21.7 Å². The highest BCUT2D eigenvalue weighted by molar-refractivity contribution is 8.25. The molecule has 6 rings (SSSR count). The molecule has 0 bridgehead atoms. The fraction of sp³-hybridized carbons (Fsp3) is 0.240. The van der Waals surface area contributed by atoms with Crippen molar-refractivity contribution in [3.05, 3.63) is 89.9 Å². The average molecular weight is 476 g/mol. The smallest absolute Gasteiger partial charge is 0.251 e. The summed E-state index contributed by atoms with van der Waals surface area (Å²) in [7, 11) is 1.93. The van der Waals surface area contributed by atoms with Crippen LogP contribution in [0.2, 0.25) is 0 Å². The second-order valence-corrected chi connectivity index (χ2v) is 10.5. The number of nitrogens with one attached hydrogen (secondary N) is 1. The number of thioether (sulfide) groups is 1. The van der Waals surface area contributed by atoms with Gasteiger partial charge in [0.15, 0.2) is 5.54 Å². The van der Waals surface area contributed by atoms with E-state index in [1.807, 2.05) is 72.6 Å². The van der Waals surface area contributed by atoms with Crippen molar-refractivity contribution in [2.24, 2.45) is 0 Å². The summed E-state index contributed by atoms with van der Waals surface area (Å²) < 4.78 is 4.83. The number of para-hydroxylation sites is 1. The quantitative estimate of drug-likeness (QED) is 0.579. The maximum absolute atomic E-state index is 14.5. The van der Waals surface area contributed by atoms with E-state index < -0.39 is 10.3 Å². The summed E-state index contributed by atoms with van der Waals surface area (Å²) in [5.74, 6) is 0.0704. The van der Waals surface area contributed by atoms with Crippen LogP contribution in [0.4, 0.5) is 5.69 Å². The van der Waals surface area contributed by atoms with E-state index in [-0.39, 0.29) is 24.3 Å². The van der Waals surface area contributed by atoms with Crippen molar-refractivity contribution < 1.29 is 14.0 Å². The van der Waals surface area contributed by atoms with Crippen molar-refractivity contribution in [1.82, 2.24) is 9.80 Å². The molecular formula is C25H21N3O3S2. The Hall–Kier alpha value is -2.94. The molecule has 8 heteroatoms. The Kier molecular flexibility index (Phi) is 4.56. The van der Waals surface area contributed by atoms with Gasteiger partial charge in [0.05, 0.1) is 12.8 Å². The highest BCUT2D eigenvalue weighted by atomic mass is 32.2. The molecule has 0 radical (unpaired) electrons. The summed E-state index contributed by atoms with van der Waals surface area (Å²) in [6.07, 6.45) is 1.58. The molecule has 0 aliphatic carbocycles. The number of carbonyl (C=O) groups excluding carboxylic acids is 2. The van der Waals surface area contributed by atoms with E-state index >= 15 is 0 Å². The van der Waals surface area contributed by atoms with Gasteiger partial charge in [-0.1, -0.05) is 72.5 Å². The third kappa shape index (κ3) is 2.57. The van der Waals surface area contributed by atoms with E-state index in [4.69, 9.17) is 16.6 Å². The average Bonchev–Trinajstić information content (AvgIpc) is 3.55. The highest BCUT2D eigenvalue weighted by Crippen LogP contribution is 2.65. The lowest BCUT2D eigenvalue weighted by Gasteiger charge is -2.41. The number of likely N-dealkylation sites (tertiary alicyclic amines) is 1. The molecule has 2 saturated heterocycles. The summed E-state index contributed by atoms with van der Waals surface area (Å²) in [5.41, 5.74) is 1.39. The van der Waals surface area contributed by atoms with Crippen LogP contribution in [0, 0.1) is 0 Å². The van der Waals surface area contributed by atoms with Gasteiger partial charge >= 0.3 is 0 Å². The Labute approximate surface area is 200 Å². The Bertz CT molecular complexity index is 1280. The minimum atomic E-state index is -1.19. The molecule has 2 aromatic carbocycles. The van der Waals surface area contributed by atoms with E-state index in [1.54, 1.807) is 17.2 Å². The Morgan fingerprint density at radius 1 is 1.09 bits per heavy atom. The number of amides is 2. The zero-order valence-corrected chi connectivity index (χ0v) is 19.5. The van der Waals surface area contributed by atoms with Crippen LogP contribution in [0.1, 0.15) is 22.8 Å². The number of benzene rings is 2. The zero-order chi connectivity index (χ0) is 22.8. The fourth-order valence-electron chi connectivity index (χ4n) is 5.75. The van der Waals surface area contributed by atoms with Crippen LogP contribution in [0.3, 0.4) is 0 Å². The maximum atomic E-state index is 14.5. The standard InChI is InChI=1S/C25H21N3O3S2/c1-27-15-19(16-8-3-2-4-9-16)25(24(27)18-11-5-6-12-20(18)26-21(24)29)22(30)28(23(32)33-25)14-17-10-7-13-31-17/h2-13,19H,14-15H2,1H3,(H,26,29)/t19-,24-,25-/m1/s1. The number of hydrogen-bond donors (Lipinski definition) is 1. The number of rotatable bonds is 3. The van der Waals surface area contributed by atoms with Crippen molar-refractivity contribution in [3.8, 4) is 0 Å². The first-order valence-electron chi connectivity index (χ1n) is 10.7. The van der Waals surface area contributed by atoms with Crippen LogP contribution in [0.5, 0.6) is 0 Å². The Morgan fingerprint density at radius 3 is 2.61 bits per heavy atom. The first-order chi connectivity index (χ1) is 16.0. The summed E-state index contributed by atoms with van der Waals surface area (Å²) in [6.45, 7) is 0.783. The van der Waals surface area contributed by atoms with Crippen LogP contribution in [-0.4, -0.2) is 44.3 Å². The Balaban J connectivity index is 1.59. The topological polar surface area (TPSA) is 65.8 Å². The normalized spacial score (nSPS) is 28.8. The van der Waals surface area contributed by atoms with Crippen molar-refractivity contribution >= 4 is 45.8 Å². The predicted molar refractivity (Wildman–Crippen MR) is 131 cm³/mol. The molecule has 2 amide bonds. The number of thiocarbonyl (C=S) groups is 1. The van der Waals surface area contributed by atoms with Gasteiger partial charge in [-0.05, 0) is 30.8 Å². The number of hydrogen-bond acceptors (Lipinski definition) is 6. The van der Waals surface area contributed by atoms with Crippen molar-refractivity contribution in [2.45, 2.75) is 22.7 Å². The van der Waals surface area contributed by atoms with Gasteiger partial charge in [-0.2, -0.15) is 0 Å². The molecule has 0 unspecified atom stereocenters. The summed E-state index contributed by atoms with van der Waals surface area (Å²) in [4.78, 5) is 32.0. The number of furan rings is 1. The largest absolute Gasteiger partial charge is 0.467 e. The summed E-state index contributed by atoms with van der Waals surface area (Å²) >= 11 is 7.12. The SMILES string of the molecule is CN1C[C@H](c2ccccc2)[C@]2(SC(=S)N(Cc3ccco3)C2=O)[C@@]12C(=O)Nc1ccccc12. The van der Waals surface area contributed by atoms with E-state index in [9.17, 15) is 9.59 Å². The third-order valence-corrected chi connectivity index (χ3v) is 9.02. The van der Waals surface area contributed by atoms with Gasteiger partial charge < -0.3 is 9.73 Å². The Morgan fingerprint density at radius 2 is 1.85 bits per heavy atom. The summed E-state index contributed by atoms with van der Waals surface area (Å²) in [5, 5.41) is 3.05. The van der Waals surface area contributed by atoms with Gasteiger partial charge in [0.1, 0.15) is 14.8 Å². The predicted octanol–water partition coefficient (Wildman–Crippen LogP) is 3.96. The van der Waals surface area contributed by atoms with Crippen molar-refractivity contribution in [3.63, 3.8) is 0 Å². The molecule has 2 spiro atoms. The molecule has 166 valence electrons. The summed E-state index contributed by atoms with van der Waals surface area (Å²) in [6, 6.07) is 21.2. The molecule has 3 aromatic rings. The van der Waals surface area contributed by atoms with E-state index in [0.29, 0.717) is 16.6 Å². The lowest BCUT2D eigenvalue weighted by molar-refractivity contribution is -0.138. The van der Waals surface area contributed by atoms with E-state index in [2.05, 4.69) is 5.32 Å². The molecule has 33 heavy (non-hydrogen) atoms. The van der Waals surface area contributed by atoms with E-state index in [1.165, 1.54) is 11.8 Å². The lowest BCUT2D eigenvalue weighted by atomic mass is 9.72. The number of likely N-dealkylation sites (N-methyl/N-ethyl adjacent to an activating group) is 1. The van der Waals surface area contributed by atoms with Gasteiger partial charge in [0, 0.05) is 23.7 Å². The highest BCUT2D eigenvalue weighted by Gasteiger charge is 2.77. The van der Waals surface area contributed by atoms with Gasteiger partial charge in [-0.3, -0.25) is 19.4 Å². The second-order valence-electron chi connectivity index (χ2n) is 8.63. The lowest BCUT2D eigenvalue weighted by Crippen LogP contribution is -2.61. The minimum Gasteiger partial charge on any atom is -0.467 e. The van der Waals surface area contributed by atoms with Gasteiger partial charge in [0.25, 0.3) is 5.91 Å². The van der Waals surface area contributed by atoms with Crippen LogP contribution in [0.25, 0.3) is 0 Å². The molecule has 1 aromatic heterocycles. The van der Waals surface area contributed by atoms with Crippen LogP contribution >= 0.6 is 24.0 Å². The van der Waals surface area contributed by atoms with Crippen LogP contribution in [0.15, 0.2) is 77.4 Å². The number of fused-ring (bicyclic) bond motifs is 3. The molecular weight excluding hydrogens is 454 g/mol. The number of nitrogens with zero attached hydrogens (tertiary/aromatic N) is 2. The van der Waals surface area contributed by atoms with Crippen LogP contribution < -0.4 is 5.32 Å². The first kappa shape index (κ1) is 20.7. The molecule has 0 saturated carbocycles.